The molecule has 0 bridgehead atoms. The number of nitrogens with zero attached hydrogens (tertiary/aromatic N) is 4. The van der Waals surface area contributed by atoms with Gasteiger partial charge in [0, 0.05) is 43.6 Å². The van der Waals surface area contributed by atoms with Crippen LogP contribution in [0, 0.1) is 6.92 Å². The van der Waals surface area contributed by atoms with Gasteiger partial charge in [0.2, 0.25) is 10.0 Å². The maximum atomic E-state index is 13.1. The molecule has 0 spiro atoms. The van der Waals surface area contributed by atoms with Gasteiger partial charge in [0.1, 0.15) is 0 Å². The Bertz CT molecular complexity index is 1470. The number of anilines is 1. The van der Waals surface area contributed by atoms with Crippen LogP contribution in [0.5, 0.6) is 0 Å². The number of benzene rings is 1. The predicted molar refractivity (Wildman–Crippen MR) is 133 cm³/mol. The first-order chi connectivity index (χ1) is 16.2. The molecular weight excluding hydrogens is 452 g/mol. The van der Waals surface area contributed by atoms with Crippen LogP contribution in [0.25, 0.3) is 28.0 Å². The fourth-order valence-corrected chi connectivity index (χ4v) is 5.90. The minimum absolute atomic E-state index is 0. The van der Waals surface area contributed by atoms with Crippen molar-refractivity contribution >= 4 is 21.4 Å². The molecule has 1 aliphatic carbocycles. The summed E-state index contributed by atoms with van der Waals surface area (Å²) in [5.74, 6) is 0. The zero-order valence-corrected chi connectivity index (χ0v) is 20.0. The van der Waals surface area contributed by atoms with Crippen LogP contribution in [0.2, 0.25) is 0 Å². The predicted octanol–water partition coefficient (Wildman–Crippen LogP) is 3.12. The molecule has 0 atom stereocenters. The van der Waals surface area contributed by atoms with E-state index in [1.54, 1.807) is 29.2 Å². The van der Waals surface area contributed by atoms with Gasteiger partial charge in [0.25, 0.3) is 0 Å². The molecule has 180 valence electrons. The molecule has 0 amide bonds. The lowest BCUT2D eigenvalue weighted by molar-refractivity contribution is 0.120. The highest BCUT2D eigenvalue weighted by molar-refractivity contribution is 7.89. The molecule has 5 rings (SSSR count). The number of fused-ring (bicyclic) bond motifs is 1. The number of sulfonamides is 1. The summed E-state index contributed by atoms with van der Waals surface area (Å²) in [5.41, 5.74) is 11.7. The van der Waals surface area contributed by atoms with Gasteiger partial charge in [-0.15, -0.1) is 0 Å². The maximum Gasteiger partial charge on any atom is 0.240 e. The molecule has 1 saturated carbocycles. The molecule has 0 radical (unpaired) electrons. The van der Waals surface area contributed by atoms with E-state index < -0.39 is 10.0 Å². The first-order valence-electron chi connectivity index (χ1n) is 11.3. The Balaban J connectivity index is 0.00000289. The Morgan fingerprint density at radius 1 is 1.12 bits per heavy atom. The third-order valence-electron chi connectivity index (χ3n) is 6.49. The van der Waals surface area contributed by atoms with E-state index in [9.17, 15) is 13.5 Å². The molecule has 3 heterocycles. The van der Waals surface area contributed by atoms with Crippen molar-refractivity contribution in [1.29, 1.82) is 0 Å². The third kappa shape index (κ3) is 4.20. The maximum absolute atomic E-state index is 13.1. The SMILES string of the molecule is Cc1ccc(S(=O)(=O)NC2CCC(O)CC2)cc1-c1cnc2c(N)cc(-c3cnn(C)c3)cn12.[HH]. The molecule has 1 aromatic carbocycles. The van der Waals surface area contributed by atoms with E-state index in [1.165, 1.54) is 0 Å². The van der Waals surface area contributed by atoms with Crippen LogP contribution in [0.15, 0.2) is 53.9 Å². The normalized spacial score (nSPS) is 19.0. The lowest BCUT2D eigenvalue weighted by atomic mass is 9.94. The fraction of sp³-hybridized carbons (Fsp3) is 0.333. The molecule has 0 unspecified atom stereocenters. The minimum Gasteiger partial charge on any atom is -0.396 e. The van der Waals surface area contributed by atoms with Gasteiger partial charge in [-0.3, -0.25) is 9.08 Å². The molecule has 0 aliphatic heterocycles. The van der Waals surface area contributed by atoms with E-state index in [-0.39, 0.29) is 18.5 Å². The van der Waals surface area contributed by atoms with E-state index in [2.05, 4.69) is 14.8 Å². The Morgan fingerprint density at radius 3 is 2.59 bits per heavy atom. The van der Waals surface area contributed by atoms with Crippen molar-refractivity contribution in [2.24, 2.45) is 7.05 Å². The highest BCUT2D eigenvalue weighted by atomic mass is 32.2. The van der Waals surface area contributed by atoms with Gasteiger partial charge in [0.05, 0.1) is 34.8 Å². The summed E-state index contributed by atoms with van der Waals surface area (Å²) < 4.78 is 32.7. The largest absolute Gasteiger partial charge is 0.396 e. The molecule has 4 N–H and O–H groups in total. The average Bonchev–Trinajstić information content (AvgIpc) is 3.42. The Morgan fingerprint density at radius 2 is 1.88 bits per heavy atom. The molecule has 1 aliphatic rings. The van der Waals surface area contributed by atoms with Crippen LogP contribution in [0.3, 0.4) is 0 Å². The number of aromatic nitrogens is 4. The van der Waals surface area contributed by atoms with Gasteiger partial charge in [-0.05, 0) is 56.4 Å². The van der Waals surface area contributed by atoms with Gasteiger partial charge in [-0.1, -0.05) is 6.07 Å². The van der Waals surface area contributed by atoms with E-state index in [0.29, 0.717) is 37.0 Å². The standard InChI is InChI=1S/C24H28N6O3S.H2/c1-15-3-8-20(34(32,33)28-18-4-6-19(31)7-5-18)10-21(15)23-12-26-24-22(25)9-16(14-30(23)24)17-11-27-29(2)13-17;/h3,8-14,18-19,28,31H,4-7,25H2,1-2H3;1H. The van der Waals surface area contributed by atoms with Crippen LogP contribution in [-0.2, 0) is 17.1 Å². The summed E-state index contributed by atoms with van der Waals surface area (Å²) in [6, 6.07) is 6.81. The zero-order valence-electron chi connectivity index (χ0n) is 19.1. The first-order valence-corrected chi connectivity index (χ1v) is 12.8. The zero-order chi connectivity index (χ0) is 24.0. The smallest absolute Gasteiger partial charge is 0.240 e. The van der Waals surface area contributed by atoms with Crippen molar-refractivity contribution in [3.63, 3.8) is 0 Å². The van der Waals surface area contributed by atoms with Crippen molar-refractivity contribution in [2.45, 2.75) is 49.6 Å². The highest BCUT2D eigenvalue weighted by Gasteiger charge is 2.25. The van der Waals surface area contributed by atoms with Gasteiger partial charge in [0.15, 0.2) is 5.65 Å². The van der Waals surface area contributed by atoms with Gasteiger partial charge < -0.3 is 10.8 Å². The van der Waals surface area contributed by atoms with E-state index in [4.69, 9.17) is 5.73 Å². The van der Waals surface area contributed by atoms with Gasteiger partial charge >= 0.3 is 0 Å². The minimum atomic E-state index is -3.71. The van der Waals surface area contributed by atoms with Crippen molar-refractivity contribution in [3.8, 4) is 22.4 Å². The quantitative estimate of drug-likeness (QED) is 0.401. The number of rotatable bonds is 5. The van der Waals surface area contributed by atoms with Gasteiger partial charge in [-0.25, -0.2) is 18.1 Å². The number of imidazole rings is 1. The molecule has 1 fully saturated rings. The second kappa shape index (κ2) is 8.53. The van der Waals surface area contributed by atoms with Crippen molar-refractivity contribution in [1.82, 2.24) is 23.9 Å². The number of hydrogen-bond donors (Lipinski definition) is 3. The first kappa shape index (κ1) is 22.6. The van der Waals surface area contributed by atoms with Crippen molar-refractivity contribution < 1.29 is 15.0 Å². The van der Waals surface area contributed by atoms with Gasteiger partial charge in [-0.2, -0.15) is 5.10 Å². The summed E-state index contributed by atoms with van der Waals surface area (Å²) in [4.78, 5) is 4.70. The summed E-state index contributed by atoms with van der Waals surface area (Å²) in [6.07, 6.45) is 9.46. The third-order valence-corrected chi connectivity index (χ3v) is 8.00. The summed E-state index contributed by atoms with van der Waals surface area (Å²) >= 11 is 0. The van der Waals surface area contributed by atoms with Crippen LogP contribution < -0.4 is 10.5 Å². The lowest BCUT2D eigenvalue weighted by Crippen LogP contribution is -2.38. The van der Waals surface area contributed by atoms with E-state index in [1.807, 2.05) is 42.9 Å². The van der Waals surface area contributed by atoms with E-state index >= 15 is 0 Å². The fourth-order valence-electron chi connectivity index (χ4n) is 4.57. The molecule has 4 aromatic rings. The monoisotopic (exact) mass is 482 g/mol. The van der Waals surface area contributed by atoms with Crippen molar-refractivity contribution in [2.75, 3.05) is 5.73 Å². The number of nitrogens with one attached hydrogen (secondary N) is 1. The topological polar surface area (TPSA) is 128 Å². The van der Waals surface area contributed by atoms with Crippen LogP contribution >= 0.6 is 0 Å². The molecular formula is C24H30N6O3S. The molecule has 3 aromatic heterocycles. The molecule has 10 heteroatoms. The Kier molecular flexibility index (Phi) is 5.67. The summed E-state index contributed by atoms with van der Waals surface area (Å²) in [7, 11) is -1.86. The number of aliphatic hydroxyl groups is 1. The molecule has 9 nitrogen and oxygen atoms in total. The number of aliphatic hydroxyl groups excluding tert-OH is 1. The lowest BCUT2D eigenvalue weighted by Gasteiger charge is -2.26. The van der Waals surface area contributed by atoms with Crippen LogP contribution in [0.4, 0.5) is 5.69 Å². The molecule has 34 heavy (non-hydrogen) atoms. The van der Waals surface area contributed by atoms with Crippen molar-refractivity contribution in [3.05, 3.63) is 54.6 Å². The highest BCUT2D eigenvalue weighted by Crippen LogP contribution is 2.31. The average molecular weight is 483 g/mol. The number of nitrogens with two attached hydrogens (primary N) is 1. The number of pyridine rings is 1. The number of nitrogen functional groups attached to an aromatic ring is 1. The van der Waals surface area contributed by atoms with Crippen LogP contribution in [0.1, 0.15) is 32.7 Å². The number of hydrogen-bond acceptors (Lipinski definition) is 6. The van der Waals surface area contributed by atoms with E-state index in [0.717, 1.165) is 27.9 Å². The molecule has 0 saturated heterocycles. The number of aryl methyl sites for hydroxylation is 2. The van der Waals surface area contributed by atoms with Crippen LogP contribution in [-0.4, -0.2) is 44.8 Å². The summed E-state index contributed by atoms with van der Waals surface area (Å²) in [6.45, 7) is 1.94. The second-order valence-electron chi connectivity index (χ2n) is 9.03. The summed E-state index contributed by atoms with van der Waals surface area (Å²) in [5, 5.41) is 14.0. The Hall–Kier alpha value is -3.21. The second-order valence-corrected chi connectivity index (χ2v) is 10.7. The Labute approximate surface area is 199 Å².